The van der Waals surface area contributed by atoms with E-state index in [1.807, 2.05) is 0 Å². The van der Waals surface area contributed by atoms with Crippen LogP contribution < -0.4 is 0 Å². The average molecular weight is 703 g/mol. The second-order valence-corrected chi connectivity index (χ2v) is 13.9. The molecule has 0 radical (unpaired) electrons. The molecule has 0 amide bonds. The van der Waals surface area contributed by atoms with Gasteiger partial charge < -0.3 is 14.2 Å². The van der Waals surface area contributed by atoms with Gasteiger partial charge in [0.2, 0.25) is 0 Å². The van der Waals surface area contributed by atoms with Gasteiger partial charge in [-0.3, -0.25) is 14.4 Å². The van der Waals surface area contributed by atoms with E-state index in [9.17, 15) is 14.4 Å². The number of unbranched alkanes of at least 4 members (excludes halogenated alkanes) is 20. The highest BCUT2D eigenvalue weighted by molar-refractivity contribution is 5.71. The Morgan fingerprint density at radius 2 is 0.780 bits per heavy atom. The van der Waals surface area contributed by atoms with E-state index in [0.717, 1.165) is 96.3 Å². The summed E-state index contributed by atoms with van der Waals surface area (Å²) in [6.07, 6.45) is 42.7. The van der Waals surface area contributed by atoms with E-state index < -0.39 is 6.10 Å². The molecule has 6 nitrogen and oxygen atoms in total. The lowest BCUT2D eigenvalue weighted by Crippen LogP contribution is -2.30. The molecule has 0 aliphatic carbocycles. The van der Waals surface area contributed by atoms with Crippen molar-refractivity contribution in [3.63, 3.8) is 0 Å². The van der Waals surface area contributed by atoms with Crippen molar-refractivity contribution < 1.29 is 28.6 Å². The van der Waals surface area contributed by atoms with Crippen LogP contribution in [0.4, 0.5) is 0 Å². The third kappa shape index (κ3) is 36.9. The lowest BCUT2D eigenvalue weighted by atomic mass is 10.1. The van der Waals surface area contributed by atoms with Crippen molar-refractivity contribution in [3.8, 4) is 0 Å². The third-order valence-electron chi connectivity index (χ3n) is 8.85. The van der Waals surface area contributed by atoms with Gasteiger partial charge in [0.15, 0.2) is 6.10 Å². The molecule has 50 heavy (non-hydrogen) atoms. The molecule has 290 valence electrons. The number of rotatable bonds is 37. The lowest BCUT2D eigenvalue weighted by Gasteiger charge is -2.18. The molecule has 0 aromatic heterocycles. The molecule has 1 atom stereocenters. The number of esters is 3. The number of hydrogen-bond acceptors (Lipinski definition) is 6. The minimum atomic E-state index is -0.774. The monoisotopic (exact) mass is 703 g/mol. The summed E-state index contributed by atoms with van der Waals surface area (Å²) in [5.41, 5.74) is 0. The molecule has 0 saturated carbocycles. The second kappa shape index (κ2) is 39.4. The Balaban J connectivity index is 4.38. The van der Waals surface area contributed by atoms with Gasteiger partial charge in [0.05, 0.1) is 0 Å². The van der Waals surface area contributed by atoms with E-state index in [-0.39, 0.29) is 31.1 Å². The van der Waals surface area contributed by atoms with Crippen LogP contribution in [0.15, 0.2) is 36.5 Å². The summed E-state index contributed by atoms with van der Waals surface area (Å²) in [7, 11) is 0. The lowest BCUT2D eigenvalue weighted by molar-refractivity contribution is -0.167. The number of hydrogen-bond donors (Lipinski definition) is 0. The van der Waals surface area contributed by atoms with Crippen molar-refractivity contribution in [2.24, 2.45) is 0 Å². The summed E-state index contributed by atoms with van der Waals surface area (Å²) in [5.74, 6) is -0.912. The first-order chi connectivity index (χ1) is 24.5. The van der Waals surface area contributed by atoms with Gasteiger partial charge in [-0.1, -0.05) is 160 Å². The topological polar surface area (TPSA) is 78.9 Å². The first-order valence-electron chi connectivity index (χ1n) is 21.0. The molecular formula is C44H78O6. The van der Waals surface area contributed by atoms with Crippen molar-refractivity contribution in [1.82, 2.24) is 0 Å². The predicted octanol–water partition coefficient (Wildman–Crippen LogP) is 13.0. The predicted molar refractivity (Wildman–Crippen MR) is 210 cm³/mol. The van der Waals surface area contributed by atoms with Crippen molar-refractivity contribution in [2.45, 2.75) is 213 Å². The normalized spacial score (nSPS) is 12.3. The summed E-state index contributed by atoms with van der Waals surface area (Å²) in [5, 5.41) is 0. The van der Waals surface area contributed by atoms with Gasteiger partial charge in [-0.2, -0.15) is 0 Å². The molecular weight excluding hydrogens is 624 g/mol. The fraction of sp³-hybridized carbons (Fsp3) is 0.795. The highest BCUT2D eigenvalue weighted by atomic mass is 16.6. The van der Waals surface area contributed by atoms with Crippen LogP contribution in [-0.2, 0) is 28.6 Å². The Morgan fingerprint density at radius 3 is 1.26 bits per heavy atom. The van der Waals surface area contributed by atoms with Crippen molar-refractivity contribution in [3.05, 3.63) is 36.5 Å². The summed E-state index contributed by atoms with van der Waals surface area (Å²) in [6, 6.07) is 0. The van der Waals surface area contributed by atoms with E-state index in [2.05, 4.69) is 57.2 Å². The van der Waals surface area contributed by atoms with E-state index in [1.54, 1.807) is 0 Å². The minimum Gasteiger partial charge on any atom is -0.462 e. The van der Waals surface area contributed by atoms with Crippen LogP contribution in [0.2, 0.25) is 0 Å². The van der Waals surface area contributed by atoms with Crippen LogP contribution in [0.25, 0.3) is 0 Å². The zero-order valence-electron chi connectivity index (χ0n) is 32.9. The maximum Gasteiger partial charge on any atom is 0.306 e. The number of allylic oxidation sites excluding steroid dienone is 6. The van der Waals surface area contributed by atoms with Crippen LogP contribution in [-0.4, -0.2) is 37.2 Å². The van der Waals surface area contributed by atoms with Gasteiger partial charge in [-0.15, -0.1) is 0 Å². The molecule has 0 aliphatic rings. The Labute approximate surface area is 308 Å². The van der Waals surface area contributed by atoms with Crippen LogP contribution in [0.1, 0.15) is 207 Å². The zero-order valence-corrected chi connectivity index (χ0v) is 32.9. The highest BCUT2D eigenvalue weighted by Gasteiger charge is 2.19. The quantitative estimate of drug-likeness (QED) is 0.0277. The number of carbonyl (C=O) groups is 3. The summed E-state index contributed by atoms with van der Waals surface area (Å²) < 4.78 is 16.6. The first kappa shape index (κ1) is 47.6. The average Bonchev–Trinajstić information content (AvgIpc) is 3.11. The third-order valence-corrected chi connectivity index (χ3v) is 8.85. The Hall–Kier alpha value is -2.37. The summed E-state index contributed by atoms with van der Waals surface area (Å²) >= 11 is 0. The molecule has 1 unspecified atom stereocenters. The molecule has 0 saturated heterocycles. The van der Waals surface area contributed by atoms with E-state index >= 15 is 0 Å². The van der Waals surface area contributed by atoms with Crippen LogP contribution in [0, 0.1) is 0 Å². The molecule has 0 N–H and O–H groups in total. The first-order valence-corrected chi connectivity index (χ1v) is 21.0. The smallest absolute Gasteiger partial charge is 0.306 e. The molecule has 0 rings (SSSR count). The van der Waals surface area contributed by atoms with Gasteiger partial charge >= 0.3 is 17.9 Å². The standard InChI is InChI=1S/C44H78O6/c1-4-7-10-13-16-19-21-22-24-25-28-31-34-37-43(46)49-40-41(39-48-42(45)36-33-30-27-18-15-12-9-6-3)50-44(47)38-35-32-29-26-23-20-17-14-11-8-5-2/h10,13-14,17,19,21,41H,4-9,11-12,15-16,18,20,22-40H2,1-3H3/b13-10-,17-14-,21-19-. The van der Waals surface area contributed by atoms with Gasteiger partial charge in [0.25, 0.3) is 0 Å². The van der Waals surface area contributed by atoms with Gasteiger partial charge in [-0.25, -0.2) is 0 Å². The molecule has 6 heteroatoms. The van der Waals surface area contributed by atoms with Gasteiger partial charge in [0, 0.05) is 19.3 Å². The van der Waals surface area contributed by atoms with Gasteiger partial charge in [0.1, 0.15) is 13.2 Å². The molecule has 0 spiro atoms. The maximum atomic E-state index is 12.6. The Bertz CT molecular complexity index is 861. The van der Waals surface area contributed by atoms with Crippen LogP contribution in [0.3, 0.4) is 0 Å². The highest BCUT2D eigenvalue weighted by Crippen LogP contribution is 2.13. The Morgan fingerprint density at radius 1 is 0.400 bits per heavy atom. The minimum absolute atomic E-state index is 0.0792. The molecule has 0 heterocycles. The molecule has 0 bridgehead atoms. The van der Waals surface area contributed by atoms with E-state index in [1.165, 1.54) is 70.6 Å². The van der Waals surface area contributed by atoms with E-state index in [4.69, 9.17) is 14.2 Å². The summed E-state index contributed by atoms with van der Waals surface area (Å²) in [4.78, 5) is 37.5. The summed E-state index contributed by atoms with van der Waals surface area (Å²) in [6.45, 7) is 6.46. The van der Waals surface area contributed by atoms with E-state index in [0.29, 0.717) is 19.3 Å². The van der Waals surface area contributed by atoms with Crippen molar-refractivity contribution in [1.29, 1.82) is 0 Å². The fourth-order valence-electron chi connectivity index (χ4n) is 5.64. The molecule has 0 aliphatic heterocycles. The van der Waals surface area contributed by atoms with Crippen molar-refractivity contribution >= 4 is 17.9 Å². The molecule has 0 aromatic rings. The maximum absolute atomic E-state index is 12.6. The Kier molecular flexibility index (Phi) is 37.5. The largest absolute Gasteiger partial charge is 0.462 e. The second-order valence-electron chi connectivity index (χ2n) is 13.9. The number of ether oxygens (including phenoxy) is 3. The van der Waals surface area contributed by atoms with Gasteiger partial charge in [-0.05, 0) is 64.2 Å². The zero-order chi connectivity index (χ0) is 36.6. The molecule has 0 fully saturated rings. The SMILES string of the molecule is CCC/C=C\C/C=C\CCCCCCCC(=O)OCC(COC(=O)CCCCCCCCCC)OC(=O)CCCCCCC/C=C\CCCC. The number of carbonyl (C=O) groups excluding carboxylic acids is 3. The molecule has 0 aromatic carbocycles. The fourth-order valence-corrected chi connectivity index (χ4v) is 5.64. The van der Waals surface area contributed by atoms with Crippen LogP contribution in [0.5, 0.6) is 0 Å². The van der Waals surface area contributed by atoms with Crippen LogP contribution >= 0.6 is 0 Å². The van der Waals surface area contributed by atoms with Crippen molar-refractivity contribution in [2.75, 3.05) is 13.2 Å².